The molecular weight excluding hydrogens is 300 g/mol. The largest absolute Gasteiger partial charge is 0.310 e. The Morgan fingerprint density at radius 1 is 1.29 bits per heavy atom. The van der Waals surface area contributed by atoms with E-state index < -0.39 is 0 Å². The Balaban J connectivity index is 1.96. The average Bonchev–Trinajstić information content (AvgIpc) is 2.93. The van der Waals surface area contributed by atoms with E-state index in [0.29, 0.717) is 0 Å². The molecule has 0 aliphatic rings. The van der Waals surface area contributed by atoms with E-state index in [1.807, 2.05) is 6.07 Å². The van der Waals surface area contributed by atoms with Gasteiger partial charge in [0.1, 0.15) is 0 Å². The summed E-state index contributed by atoms with van der Waals surface area (Å²) in [5.41, 5.74) is 2.48. The number of benzene rings is 1. The molecule has 0 radical (unpaired) electrons. The number of pyridine rings is 1. The third kappa shape index (κ3) is 3.10. The van der Waals surface area contributed by atoms with Gasteiger partial charge < -0.3 is 5.32 Å². The van der Waals surface area contributed by atoms with Gasteiger partial charge in [-0.1, -0.05) is 36.7 Å². The zero-order valence-corrected chi connectivity index (χ0v) is 13.4. The molecular formula is C17H17ClN2S. The number of thiophene rings is 1. The van der Waals surface area contributed by atoms with Crippen molar-refractivity contribution in [3.05, 3.63) is 64.3 Å². The number of halogens is 1. The number of hydrogen-bond donors (Lipinski definition) is 1. The van der Waals surface area contributed by atoms with Crippen LogP contribution in [0, 0.1) is 0 Å². The van der Waals surface area contributed by atoms with Crippen molar-refractivity contribution in [2.75, 3.05) is 6.54 Å². The number of hydrogen-bond acceptors (Lipinski definition) is 3. The van der Waals surface area contributed by atoms with Crippen LogP contribution >= 0.6 is 22.9 Å². The van der Waals surface area contributed by atoms with E-state index in [2.05, 4.69) is 46.9 Å². The first-order valence-electron chi connectivity index (χ1n) is 7.07. The first-order chi connectivity index (χ1) is 10.3. The molecule has 0 aliphatic heterocycles. The summed E-state index contributed by atoms with van der Waals surface area (Å²) < 4.78 is 1.33. The summed E-state index contributed by atoms with van der Waals surface area (Å²) in [4.78, 5) is 4.06. The predicted octanol–water partition coefficient (Wildman–Crippen LogP) is 4.84. The van der Waals surface area contributed by atoms with E-state index in [4.69, 9.17) is 11.6 Å². The summed E-state index contributed by atoms with van der Waals surface area (Å²) in [6.07, 6.45) is 4.39. The molecule has 0 saturated carbocycles. The summed E-state index contributed by atoms with van der Waals surface area (Å²) in [6.45, 7) is 3.06. The molecule has 3 rings (SSSR count). The molecule has 1 aromatic carbocycles. The van der Waals surface area contributed by atoms with Gasteiger partial charge in [0, 0.05) is 23.1 Å². The second-order valence-electron chi connectivity index (χ2n) is 4.97. The Labute approximate surface area is 133 Å². The minimum absolute atomic E-state index is 0.269. The number of nitrogens with zero attached hydrogens (tertiary/aromatic N) is 1. The fraction of sp³-hybridized carbons (Fsp3) is 0.235. The zero-order chi connectivity index (χ0) is 14.7. The van der Waals surface area contributed by atoms with Gasteiger partial charge in [-0.05, 0) is 47.0 Å². The molecule has 0 amide bonds. The van der Waals surface area contributed by atoms with Crippen molar-refractivity contribution in [3.8, 4) is 0 Å². The minimum Gasteiger partial charge on any atom is -0.310 e. The molecule has 3 aromatic rings. The molecule has 1 atom stereocenters. The van der Waals surface area contributed by atoms with E-state index in [0.717, 1.165) is 23.6 Å². The van der Waals surface area contributed by atoms with Crippen LogP contribution in [0.1, 0.15) is 24.1 Å². The molecule has 0 spiro atoms. The maximum Gasteiger partial charge on any atom is 0.0622 e. The lowest BCUT2D eigenvalue weighted by Crippen LogP contribution is -2.22. The van der Waals surface area contributed by atoms with Crippen molar-refractivity contribution < 1.29 is 0 Å². The second-order valence-corrected chi connectivity index (χ2v) is 6.29. The summed E-state index contributed by atoms with van der Waals surface area (Å²) in [7, 11) is 0. The molecule has 0 fully saturated rings. The van der Waals surface area contributed by atoms with Crippen molar-refractivity contribution >= 4 is 33.0 Å². The molecule has 21 heavy (non-hydrogen) atoms. The lowest BCUT2D eigenvalue weighted by atomic mass is 9.99. The highest BCUT2D eigenvalue weighted by molar-refractivity contribution is 7.17. The molecule has 0 saturated heterocycles. The van der Waals surface area contributed by atoms with Crippen molar-refractivity contribution in [2.24, 2.45) is 0 Å². The Morgan fingerprint density at radius 3 is 2.95 bits per heavy atom. The third-order valence-electron chi connectivity index (χ3n) is 3.62. The van der Waals surface area contributed by atoms with Crippen molar-refractivity contribution in [2.45, 2.75) is 19.4 Å². The van der Waals surface area contributed by atoms with Gasteiger partial charge in [-0.3, -0.25) is 4.98 Å². The van der Waals surface area contributed by atoms with Crippen LogP contribution in [0.5, 0.6) is 0 Å². The lowest BCUT2D eigenvalue weighted by molar-refractivity contribution is 0.554. The zero-order valence-electron chi connectivity index (χ0n) is 11.8. The molecule has 2 nitrogen and oxygen atoms in total. The van der Waals surface area contributed by atoms with Crippen LogP contribution in [0.3, 0.4) is 0 Å². The number of nitrogens with one attached hydrogen (secondary N) is 1. The maximum absolute atomic E-state index is 6.26. The molecule has 1 unspecified atom stereocenters. The van der Waals surface area contributed by atoms with Crippen molar-refractivity contribution in [3.63, 3.8) is 0 Å². The summed E-state index contributed by atoms with van der Waals surface area (Å²) in [5, 5.41) is 7.91. The highest BCUT2D eigenvalue weighted by Crippen LogP contribution is 2.32. The van der Waals surface area contributed by atoms with Gasteiger partial charge in [-0.25, -0.2) is 0 Å². The number of rotatable bonds is 5. The lowest BCUT2D eigenvalue weighted by Gasteiger charge is -2.18. The van der Waals surface area contributed by atoms with Crippen LogP contribution in [0.15, 0.2) is 48.1 Å². The molecule has 0 bridgehead atoms. The SMILES string of the molecule is CCNC(Cc1ccncc1Cl)c1csc2ccccc12. The first-order valence-corrected chi connectivity index (χ1v) is 8.33. The average molecular weight is 317 g/mol. The van der Waals surface area contributed by atoms with Crippen molar-refractivity contribution in [1.29, 1.82) is 0 Å². The van der Waals surface area contributed by atoms with Crippen LogP contribution in [-0.2, 0) is 6.42 Å². The maximum atomic E-state index is 6.26. The van der Waals surface area contributed by atoms with Crippen LogP contribution < -0.4 is 5.32 Å². The van der Waals surface area contributed by atoms with Gasteiger partial charge in [0.2, 0.25) is 0 Å². The molecule has 2 aromatic heterocycles. The molecule has 4 heteroatoms. The second kappa shape index (κ2) is 6.56. The van der Waals surface area contributed by atoms with Crippen LogP contribution in [0.4, 0.5) is 0 Å². The number of fused-ring (bicyclic) bond motifs is 1. The third-order valence-corrected chi connectivity index (χ3v) is 4.94. The highest BCUT2D eigenvalue weighted by Gasteiger charge is 2.16. The highest BCUT2D eigenvalue weighted by atomic mass is 35.5. The monoisotopic (exact) mass is 316 g/mol. The van der Waals surface area contributed by atoms with Gasteiger partial charge in [-0.15, -0.1) is 11.3 Å². The van der Waals surface area contributed by atoms with Gasteiger partial charge in [0.25, 0.3) is 0 Å². The fourth-order valence-corrected chi connectivity index (χ4v) is 3.81. The van der Waals surface area contributed by atoms with Crippen LogP contribution in [0.2, 0.25) is 5.02 Å². The Kier molecular flexibility index (Phi) is 4.54. The van der Waals surface area contributed by atoms with Gasteiger partial charge in [0.15, 0.2) is 0 Å². The summed E-state index contributed by atoms with van der Waals surface area (Å²) in [6, 6.07) is 10.8. The molecule has 1 N–H and O–H groups in total. The van der Waals surface area contributed by atoms with E-state index in [1.165, 1.54) is 15.6 Å². The standard InChI is InChI=1S/C17H17ClN2S/c1-2-20-16(9-12-7-8-19-10-15(12)18)14-11-21-17-6-4-3-5-13(14)17/h3-8,10-11,16,20H,2,9H2,1H3. The Bertz CT molecular complexity index is 738. The van der Waals surface area contributed by atoms with E-state index >= 15 is 0 Å². The normalized spacial score (nSPS) is 12.7. The van der Waals surface area contributed by atoms with Crippen LogP contribution in [0.25, 0.3) is 10.1 Å². The fourth-order valence-electron chi connectivity index (χ4n) is 2.60. The Morgan fingerprint density at radius 2 is 2.14 bits per heavy atom. The summed E-state index contributed by atoms with van der Waals surface area (Å²) >= 11 is 8.06. The molecule has 2 heterocycles. The number of likely N-dealkylation sites (N-methyl/N-ethyl adjacent to an activating group) is 1. The predicted molar refractivity (Wildman–Crippen MR) is 91.2 cm³/mol. The molecule has 108 valence electrons. The van der Waals surface area contributed by atoms with E-state index in [-0.39, 0.29) is 6.04 Å². The van der Waals surface area contributed by atoms with E-state index in [9.17, 15) is 0 Å². The quantitative estimate of drug-likeness (QED) is 0.728. The smallest absolute Gasteiger partial charge is 0.0622 e. The minimum atomic E-state index is 0.269. The van der Waals surface area contributed by atoms with Crippen molar-refractivity contribution in [1.82, 2.24) is 10.3 Å². The van der Waals surface area contributed by atoms with Crippen LogP contribution in [-0.4, -0.2) is 11.5 Å². The molecule has 0 aliphatic carbocycles. The summed E-state index contributed by atoms with van der Waals surface area (Å²) in [5.74, 6) is 0. The Hall–Kier alpha value is -1.42. The van der Waals surface area contributed by atoms with Gasteiger partial charge in [-0.2, -0.15) is 0 Å². The topological polar surface area (TPSA) is 24.9 Å². The van der Waals surface area contributed by atoms with Gasteiger partial charge in [0.05, 0.1) is 5.02 Å². The number of aromatic nitrogens is 1. The van der Waals surface area contributed by atoms with Gasteiger partial charge >= 0.3 is 0 Å². The van der Waals surface area contributed by atoms with E-state index in [1.54, 1.807) is 23.7 Å². The first kappa shape index (κ1) is 14.5.